The van der Waals surface area contributed by atoms with E-state index in [-0.39, 0.29) is 17.7 Å². The van der Waals surface area contributed by atoms with Crippen molar-refractivity contribution in [3.8, 4) is 0 Å². The third-order valence-electron chi connectivity index (χ3n) is 3.83. The summed E-state index contributed by atoms with van der Waals surface area (Å²) < 4.78 is 4.61. The Balaban J connectivity index is 2.24. The Morgan fingerprint density at radius 3 is 2.80 bits per heavy atom. The van der Waals surface area contributed by atoms with Crippen LogP contribution >= 0.6 is 0 Å². The lowest BCUT2D eigenvalue weighted by atomic mass is 9.87. The van der Waals surface area contributed by atoms with Crippen molar-refractivity contribution in [2.24, 2.45) is 11.8 Å². The molecule has 0 unspecified atom stereocenters. The molecular formula is C17H26O3. The predicted octanol–water partition coefficient (Wildman–Crippen LogP) is 3.84. The largest absolute Gasteiger partial charge is 0.469 e. The zero-order valence-electron chi connectivity index (χ0n) is 12.6. The smallest absolute Gasteiger partial charge is 0.305 e. The number of ketones is 1. The molecule has 1 rings (SSSR count). The fourth-order valence-electron chi connectivity index (χ4n) is 2.61. The first-order chi connectivity index (χ1) is 9.69. The molecule has 3 heteroatoms. The van der Waals surface area contributed by atoms with Gasteiger partial charge in [0.25, 0.3) is 0 Å². The Hall–Kier alpha value is -1.38. The van der Waals surface area contributed by atoms with Crippen LogP contribution in [0.5, 0.6) is 0 Å². The molecule has 3 nitrogen and oxygen atoms in total. The van der Waals surface area contributed by atoms with Crippen LogP contribution in [0.25, 0.3) is 0 Å². The average Bonchev–Trinajstić information content (AvgIpc) is 2.79. The van der Waals surface area contributed by atoms with Crippen LogP contribution in [-0.4, -0.2) is 18.9 Å². The molecule has 112 valence electrons. The second-order valence-electron chi connectivity index (χ2n) is 5.32. The van der Waals surface area contributed by atoms with E-state index in [2.05, 4.69) is 29.9 Å². The minimum Gasteiger partial charge on any atom is -0.469 e. The Morgan fingerprint density at radius 1 is 1.30 bits per heavy atom. The molecule has 0 amide bonds. The van der Waals surface area contributed by atoms with Gasteiger partial charge in [0.1, 0.15) is 0 Å². The number of hydrogen-bond donors (Lipinski definition) is 0. The quantitative estimate of drug-likeness (QED) is 0.365. The van der Waals surface area contributed by atoms with Crippen molar-refractivity contribution in [3.63, 3.8) is 0 Å². The summed E-state index contributed by atoms with van der Waals surface area (Å²) in [4.78, 5) is 22.8. The van der Waals surface area contributed by atoms with E-state index < -0.39 is 0 Å². The first-order valence-corrected chi connectivity index (χ1v) is 7.62. The van der Waals surface area contributed by atoms with E-state index in [4.69, 9.17) is 0 Å². The lowest BCUT2D eigenvalue weighted by molar-refractivity contribution is -0.140. The van der Waals surface area contributed by atoms with Gasteiger partial charge in [0.2, 0.25) is 0 Å². The molecule has 1 aliphatic carbocycles. The van der Waals surface area contributed by atoms with Crippen molar-refractivity contribution < 1.29 is 14.3 Å². The molecule has 0 saturated heterocycles. The van der Waals surface area contributed by atoms with E-state index in [9.17, 15) is 9.59 Å². The lowest BCUT2D eigenvalue weighted by Crippen LogP contribution is -2.15. The molecule has 0 aromatic rings. The monoisotopic (exact) mass is 278 g/mol. The van der Waals surface area contributed by atoms with Gasteiger partial charge in [-0.15, -0.1) is 0 Å². The maximum atomic E-state index is 11.8. The van der Waals surface area contributed by atoms with E-state index in [1.165, 1.54) is 7.11 Å². The maximum absolute atomic E-state index is 11.8. The number of carbonyl (C=O) groups excluding carboxylic acids is 2. The predicted molar refractivity (Wildman–Crippen MR) is 80.3 cm³/mol. The topological polar surface area (TPSA) is 43.4 Å². The molecule has 2 atom stereocenters. The van der Waals surface area contributed by atoms with Crippen LogP contribution in [0.4, 0.5) is 0 Å². The van der Waals surface area contributed by atoms with Gasteiger partial charge >= 0.3 is 5.97 Å². The van der Waals surface area contributed by atoms with E-state index in [0.717, 1.165) is 38.5 Å². The van der Waals surface area contributed by atoms with E-state index in [1.807, 2.05) is 0 Å². The van der Waals surface area contributed by atoms with E-state index >= 15 is 0 Å². The Kier molecular flexibility index (Phi) is 7.93. The number of ether oxygens (including phenoxy) is 1. The summed E-state index contributed by atoms with van der Waals surface area (Å²) in [6.45, 7) is 2.10. The Bertz CT molecular complexity index is 368. The van der Waals surface area contributed by atoms with Gasteiger partial charge in [0.15, 0.2) is 5.78 Å². The Labute approximate surface area is 122 Å². The summed E-state index contributed by atoms with van der Waals surface area (Å²) in [6, 6.07) is 0. The van der Waals surface area contributed by atoms with Gasteiger partial charge in [-0.2, -0.15) is 0 Å². The number of allylic oxidation sites excluding steroid dienone is 4. The fraction of sp³-hybridized carbons (Fsp3) is 0.647. The molecule has 0 aromatic carbocycles. The van der Waals surface area contributed by atoms with Crippen LogP contribution < -0.4 is 0 Å². The average molecular weight is 278 g/mol. The fourth-order valence-corrected chi connectivity index (χ4v) is 2.61. The van der Waals surface area contributed by atoms with E-state index in [1.54, 1.807) is 6.08 Å². The number of methoxy groups -OCH3 is 1. The second-order valence-corrected chi connectivity index (χ2v) is 5.32. The third-order valence-corrected chi connectivity index (χ3v) is 3.83. The lowest BCUT2D eigenvalue weighted by Gasteiger charge is -2.16. The van der Waals surface area contributed by atoms with Gasteiger partial charge < -0.3 is 4.74 Å². The number of esters is 1. The highest BCUT2D eigenvalue weighted by molar-refractivity contribution is 5.94. The van der Waals surface area contributed by atoms with Crippen LogP contribution in [-0.2, 0) is 14.3 Å². The summed E-state index contributed by atoms with van der Waals surface area (Å²) in [6.07, 6.45) is 14.4. The Morgan fingerprint density at radius 2 is 2.10 bits per heavy atom. The molecule has 0 spiro atoms. The molecular weight excluding hydrogens is 252 g/mol. The van der Waals surface area contributed by atoms with Crippen LogP contribution in [0.15, 0.2) is 24.3 Å². The molecule has 0 aliphatic heterocycles. The number of rotatable bonds is 9. The minimum absolute atomic E-state index is 0.136. The molecule has 0 heterocycles. The van der Waals surface area contributed by atoms with Crippen LogP contribution in [0.3, 0.4) is 0 Å². The second kappa shape index (κ2) is 9.51. The van der Waals surface area contributed by atoms with Gasteiger partial charge in [-0.25, -0.2) is 0 Å². The molecule has 0 fully saturated rings. The summed E-state index contributed by atoms with van der Waals surface area (Å²) in [5, 5.41) is 0. The van der Waals surface area contributed by atoms with Gasteiger partial charge in [-0.3, -0.25) is 9.59 Å². The SMILES string of the molecule is CC/C=C\C[C@@H]1C(=O)C=C[C@@H]1CCCCCC(=O)OC. The standard InChI is InChI=1S/C17H26O3/c1-3-4-6-10-15-14(12-13-16(15)18)9-7-5-8-11-17(19)20-2/h4,6,12-15H,3,5,7-11H2,1-2H3/b6-4-/t14-,15-/m0/s1. The summed E-state index contributed by atoms with van der Waals surface area (Å²) >= 11 is 0. The van der Waals surface area contributed by atoms with Gasteiger partial charge in [0.05, 0.1) is 7.11 Å². The van der Waals surface area contributed by atoms with E-state index in [0.29, 0.717) is 12.3 Å². The molecule has 0 N–H and O–H groups in total. The van der Waals surface area contributed by atoms with Gasteiger partial charge in [-0.1, -0.05) is 38.0 Å². The van der Waals surface area contributed by atoms with Crippen molar-refractivity contribution >= 4 is 11.8 Å². The van der Waals surface area contributed by atoms with Crippen molar-refractivity contribution in [2.45, 2.75) is 51.9 Å². The highest BCUT2D eigenvalue weighted by Crippen LogP contribution is 2.30. The number of carbonyl (C=O) groups is 2. The minimum atomic E-state index is -0.136. The van der Waals surface area contributed by atoms with Crippen molar-refractivity contribution in [2.75, 3.05) is 7.11 Å². The van der Waals surface area contributed by atoms with Gasteiger partial charge in [-0.05, 0) is 37.7 Å². The summed E-state index contributed by atoms with van der Waals surface area (Å²) in [5.74, 6) is 0.648. The molecule has 20 heavy (non-hydrogen) atoms. The number of hydrogen-bond acceptors (Lipinski definition) is 3. The van der Waals surface area contributed by atoms with Crippen LogP contribution in [0.1, 0.15) is 51.9 Å². The van der Waals surface area contributed by atoms with Crippen molar-refractivity contribution in [1.82, 2.24) is 0 Å². The molecule has 0 saturated carbocycles. The highest BCUT2D eigenvalue weighted by atomic mass is 16.5. The van der Waals surface area contributed by atoms with Crippen LogP contribution in [0.2, 0.25) is 0 Å². The van der Waals surface area contributed by atoms with Crippen molar-refractivity contribution in [1.29, 1.82) is 0 Å². The molecule has 0 aromatic heterocycles. The number of unbranched alkanes of at least 4 members (excludes halogenated alkanes) is 2. The first kappa shape index (κ1) is 16.7. The molecule has 0 radical (unpaired) electrons. The van der Waals surface area contributed by atoms with Crippen molar-refractivity contribution in [3.05, 3.63) is 24.3 Å². The summed E-state index contributed by atoms with van der Waals surface area (Å²) in [7, 11) is 1.42. The maximum Gasteiger partial charge on any atom is 0.305 e. The first-order valence-electron chi connectivity index (χ1n) is 7.62. The normalized spacial score (nSPS) is 21.8. The molecule has 1 aliphatic rings. The highest BCUT2D eigenvalue weighted by Gasteiger charge is 2.28. The zero-order valence-corrected chi connectivity index (χ0v) is 12.6. The third kappa shape index (κ3) is 5.72. The van der Waals surface area contributed by atoms with Crippen LogP contribution in [0, 0.1) is 11.8 Å². The van der Waals surface area contributed by atoms with Gasteiger partial charge in [0, 0.05) is 12.3 Å². The zero-order chi connectivity index (χ0) is 14.8. The summed E-state index contributed by atoms with van der Waals surface area (Å²) in [5.41, 5.74) is 0. The molecule has 0 bridgehead atoms.